The number of amides is 1. The molecule has 0 bridgehead atoms. The minimum Gasteiger partial charge on any atom is -0.493 e. The van der Waals surface area contributed by atoms with Crippen LogP contribution in [0.3, 0.4) is 0 Å². The molecule has 31 heavy (non-hydrogen) atoms. The number of aryl methyl sites for hydroxylation is 1. The van der Waals surface area contributed by atoms with Gasteiger partial charge in [-0.2, -0.15) is 13.7 Å². The molecule has 1 heterocycles. The van der Waals surface area contributed by atoms with Gasteiger partial charge in [0, 0.05) is 11.6 Å². The molecule has 0 atom stereocenters. The Morgan fingerprint density at radius 2 is 1.94 bits per heavy atom. The Balaban J connectivity index is 1.85. The van der Waals surface area contributed by atoms with Crippen LogP contribution in [0.1, 0.15) is 11.1 Å². The maximum Gasteiger partial charge on any atom is 0.339 e. The van der Waals surface area contributed by atoms with Gasteiger partial charge in [-0.1, -0.05) is 23.8 Å². The molecule has 0 aliphatic heterocycles. The van der Waals surface area contributed by atoms with Crippen molar-refractivity contribution in [2.75, 3.05) is 12.4 Å². The average molecular weight is 456 g/mol. The van der Waals surface area contributed by atoms with Crippen LogP contribution in [0.2, 0.25) is 0 Å². The van der Waals surface area contributed by atoms with E-state index in [2.05, 4.69) is 10.3 Å². The lowest BCUT2D eigenvalue weighted by Gasteiger charge is -2.11. The third kappa shape index (κ3) is 5.48. The lowest BCUT2D eigenvalue weighted by Crippen LogP contribution is -2.13. The van der Waals surface area contributed by atoms with Gasteiger partial charge < -0.3 is 8.92 Å². The molecule has 0 aliphatic carbocycles. The second-order valence-electron chi connectivity index (χ2n) is 6.22. The number of nitriles is 1. The molecule has 0 fully saturated rings. The van der Waals surface area contributed by atoms with Crippen molar-refractivity contribution in [2.24, 2.45) is 0 Å². The minimum atomic E-state index is -4.06. The normalized spacial score (nSPS) is 11.5. The maximum absolute atomic E-state index is 12.5. The van der Waals surface area contributed by atoms with Crippen LogP contribution in [-0.4, -0.2) is 26.4 Å². The number of thiazole rings is 1. The Morgan fingerprint density at radius 1 is 1.19 bits per heavy atom. The zero-order chi connectivity index (χ0) is 22.4. The van der Waals surface area contributed by atoms with Crippen LogP contribution in [0.25, 0.3) is 6.08 Å². The Bertz CT molecular complexity index is 1260. The number of carbonyl (C=O) groups is 1. The SMILES string of the molecule is COc1cc(/C=C(/C#N)C(=O)Nc2nccs2)ccc1OS(=O)(=O)c1ccc(C)cc1. The van der Waals surface area contributed by atoms with Crippen LogP contribution in [0.5, 0.6) is 11.5 Å². The van der Waals surface area contributed by atoms with Gasteiger partial charge in [-0.15, -0.1) is 11.3 Å². The molecule has 0 saturated heterocycles. The predicted octanol–water partition coefficient (Wildman–Crippen LogP) is 3.77. The number of aromatic nitrogens is 1. The molecule has 3 rings (SSSR count). The summed E-state index contributed by atoms with van der Waals surface area (Å²) in [6.45, 7) is 1.85. The number of hydrogen-bond donors (Lipinski definition) is 1. The number of rotatable bonds is 7. The monoisotopic (exact) mass is 455 g/mol. The summed E-state index contributed by atoms with van der Waals surface area (Å²) >= 11 is 1.22. The topological polar surface area (TPSA) is 118 Å². The fourth-order valence-electron chi connectivity index (χ4n) is 2.48. The third-order valence-electron chi connectivity index (χ3n) is 4.03. The van der Waals surface area contributed by atoms with Crippen molar-refractivity contribution in [1.29, 1.82) is 5.26 Å². The number of carbonyl (C=O) groups excluding carboxylic acids is 1. The number of ether oxygens (including phenoxy) is 1. The van der Waals surface area contributed by atoms with E-state index >= 15 is 0 Å². The van der Waals surface area contributed by atoms with Crippen molar-refractivity contribution < 1.29 is 22.1 Å². The van der Waals surface area contributed by atoms with Gasteiger partial charge in [0.1, 0.15) is 16.5 Å². The second kappa shape index (κ2) is 9.42. The summed E-state index contributed by atoms with van der Waals surface area (Å²) in [6, 6.07) is 12.4. The number of benzene rings is 2. The first-order valence-corrected chi connectivity index (χ1v) is 11.1. The number of methoxy groups -OCH3 is 1. The van der Waals surface area contributed by atoms with Crippen LogP contribution in [0.15, 0.2) is 64.5 Å². The first kappa shape index (κ1) is 22.0. The van der Waals surface area contributed by atoms with Gasteiger partial charge in [-0.05, 0) is 42.8 Å². The first-order valence-electron chi connectivity index (χ1n) is 8.84. The largest absolute Gasteiger partial charge is 0.493 e. The van der Waals surface area contributed by atoms with Crippen molar-refractivity contribution in [2.45, 2.75) is 11.8 Å². The zero-order valence-corrected chi connectivity index (χ0v) is 18.2. The van der Waals surface area contributed by atoms with E-state index in [0.29, 0.717) is 10.7 Å². The van der Waals surface area contributed by atoms with E-state index in [1.165, 1.54) is 61.1 Å². The van der Waals surface area contributed by atoms with Crippen LogP contribution in [0.4, 0.5) is 5.13 Å². The Labute approximate surface area is 183 Å². The Kier molecular flexibility index (Phi) is 6.69. The molecule has 0 unspecified atom stereocenters. The lowest BCUT2D eigenvalue weighted by molar-refractivity contribution is -0.112. The standard InChI is InChI=1S/C21H17N3O5S2/c1-14-3-6-17(7-4-14)31(26,27)29-18-8-5-15(12-19(18)28-2)11-16(13-22)20(25)24-21-23-9-10-30-21/h3-12H,1-2H3,(H,23,24,25)/b16-11-. The van der Waals surface area contributed by atoms with E-state index in [9.17, 15) is 18.5 Å². The zero-order valence-electron chi connectivity index (χ0n) is 16.5. The molecule has 0 spiro atoms. The first-order chi connectivity index (χ1) is 14.8. The molecule has 0 aliphatic rings. The highest BCUT2D eigenvalue weighted by Crippen LogP contribution is 2.31. The average Bonchev–Trinajstić information content (AvgIpc) is 3.26. The highest BCUT2D eigenvalue weighted by molar-refractivity contribution is 7.87. The van der Waals surface area contributed by atoms with Crippen molar-refractivity contribution in [3.05, 3.63) is 70.7 Å². The van der Waals surface area contributed by atoms with E-state index in [0.717, 1.165) is 5.56 Å². The summed E-state index contributed by atoms with van der Waals surface area (Å²) in [5.74, 6) is -0.508. The molecule has 0 radical (unpaired) electrons. The Hall–Kier alpha value is -3.68. The summed E-state index contributed by atoms with van der Waals surface area (Å²) < 4.78 is 35.5. The van der Waals surface area contributed by atoms with E-state index in [1.807, 2.05) is 13.0 Å². The van der Waals surface area contributed by atoms with Crippen molar-refractivity contribution in [3.8, 4) is 17.6 Å². The van der Waals surface area contributed by atoms with Crippen LogP contribution in [0, 0.1) is 18.3 Å². The van der Waals surface area contributed by atoms with Gasteiger partial charge >= 0.3 is 10.1 Å². The number of nitrogens with zero attached hydrogens (tertiary/aromatic N) is 2. The molecular weight excluding hydrogens is 438 g/mol. The number of hydrogen-bond acceptors (Lipinski definition) is 8. The predicted molar refractivity (Wildman–Crippen MR) is 116 cm³/mol. The molecule has 8 nitrogen and oxygen atoms in total. The van der Waals surface area contributed by atoms with Crippen LogP contribution in [-0.2, 0) is 14.9 Å². The smallest absolute Gasteiger partial charge is 0.339 e. The summed E-state index contributed by atoms with van der Waals surface area (Å²) in [5, 5.41) is 13.9. The molecular formula is C21H17N3O5S2. The van der Waals surface area contributed by atoms with Crippen LogP contribution >= 0.6 is 11.3 Å². The fraction of sp³-hybridized carbons (Fsp3) is 0.0952. The fourth-order valence-corrected chi connectivity index (χ4v) is 3.94. The third-order valence-corrected chi connectivity index (χ3v) is 5.96. The Morgan fingerprint density at radius 3 is 2.55 bits per heavy atom. The van der Waals surface area contributed by atoms with Crippen molar-refractivity contribution >= 4 is 38.6 Å². The molecule has 1 N–H and O–H groups in total. The van der Waals surface area contributed by atoms with E-state index in [4.69, 9.17) is 8.92 Å². The highest BCUT2D eigenvalue weighted by atomic mass is 32.2. The molecule has 1 aromatic heterocycles. The van der Waals surface area contributed by atoms with Gasteiger partial charge in [0.25, 0.3) is 5.91 Å². The van der Waals surface area contributed by atoms with Gasteiger partial charge in [-0.25, -0.2) is 4.98 Å². The van der Waals surface area contributed by atoms with Gasteiger partial charge in [-0.3, -0.25) is 10.1 Å². The van der Waals surface area contributed by atoms with Gasteiger partial charge in [0.05, 0.1) is 7.11 Å². The van der Waals surface area contributed by atoms with Gasteiger partial charge in [0.2, 0.25) is 0 Å². The lowest BCUT2D eigenvalue weighted by atomic mass is 10.1. The molecule has 0 saturated carbocycles. The molecule has 10 heteroatoms. The van der Waals surface area contributed by atoms with E-state index in [-0.39, 0.29) is 22.0 Å². The summed E-state index contributed by atoms with van der Waals surface area (Å²) in [6.07, 6.45) is 2.88. The molecule has 3 aromatic rings. The summed E-state index contributed by atoms with van der Waals surface area (Å²) in [4.78, 5) is 16.2. The van der Waals surface area contributed by atoms with E-state index < -0.39 is 16.0 Å². The minimum absolute atomic E-state index is 0.00903. The van der Waals surface area contributed by atoms with E-state index in [1.54, 1.807) is 17.5 Å². The van der Waals surface area contributed by atoms with Crippen molar-refractivity contribution in [3.63, 3.8) is 0 Å². The number of anilines is 1. The van der Waals surface area contributed by atoms with Crippen LogP contribution < -0.4 is 14.2 Å². The number of nitrogens with one attached hydrogen (secondary N) is 1. The second-order valence-corrected chi connectivity index (χ2v) is 8.66. The molecule has 2 aromatic carbocycles. The molecule has 1 amide bonds. The summed E-state index contributed by atoms with van der Waals surface area (Å²) in [5.41, 5.74) is 1.21. The van der Waals surface area contributed by atoms with Crippen molar-refractivity contribution in [1.82, 2.24) is 4.98 Å². The quantitative estimate of drug-likeness (QED) is 0.327. The highest BCUT2D eigenvalue weighted by Gasteiger charge is 2.19. The van der Waals surface area contributed by atoms with Gasteiger partial charge in [0.15, 0.2) is 16.6 Å². The summed E-state index contributed by atoms with van der Waals surface area (Å²) in [7, 11) is -2.71. The molecule has 158 valence electrons. The maximum atomic E-state index is 12.5.